The molecule has 2 heterocycles. The van der Waals surface area contributed by atoms with Gasteiger partial charge in [0.25, 0.3) is 0 Å². The maximum atomic E-state index is 9.28. The third-order valence-electron chi connectivity index (χ3n) is 3.58. The lowest BCUT2D eigenvalue weighted by Crippen LogP contribution is -2.34. The highest BCUT2D eigenvalue weighted by molar-refractivity contribution is 5.29. The molecule has 0 saturated carbocycles. The molecule has 20 heavy (non-hydrogen) atoms. The van der Waals surface area contributed by atoms with Crippen molar-refractivity contribution in [1.82, 2.24) is 20.1 Å². The van der Waals surface area contributed by atoms with E-state index < -0.39 is 0 Å². The van der Waals surface area contributed by atoms with E-state index in [2.05, 4.69) is 29.2 Å². The van der Waals surface area contributed by atoms with Gasteiger partial charge in [-0.3, -0.25) is 0 Å². The molecule has 2 N–H and O–H groups in total. The Hall–Kier alpha value is -1.72. The minimum absolute atomic E-state index is 0.114. The van der Waals surface area contributed by atoms with Gasteiger partial charge in [-0.2, -0.15) is 5.10 Å². The first kappa shape index (κ1) is 14.7. The first-order chi connectivity index (χ1) is 9.67. The predicted octanol–water partition coefficient (Wildman–Crippen LogP) is 2.00. The lowest BCUT2D eigenvalue weighted by Gasteiger charge is -2.20. The van der Waals surface area contributed by atoms with Crippen LogP contribution in [0.4, 0.5) is 0 Å². The molecule has 0 bridgehead atoms. The molecule has 0 aliphatic heterocycles. The van der Waals surface area contributed by atoms with E-state index in [1.807, 2.05) is 36.0 Å². The Morgan fingerprint density at radius 3 is 2.80 bits per heavy atom. The Morgan fingerprint density at radius 1 is 1.40 bits per heavy atom. The van der Waals surface area contributed by atoms with Gasteiger partial charge in [-0.15, -0.1) is 0 Å². The van der Waals surface area contributed by atoms with Gasteiger partial charge in [0.1, 0.15) is 0 Å². The van der Waals surface area contributed by atoms with Crippen molar-refractivity contribution in [1.29, 1.82) is 0 Å². The van der Waals surface area contributed by atoms with E-state index in [1.165, 1.54) is 0 Å². The van der Waals surface area contributed by atoms with Crippen LogP contribution in [0.25, 0.3) is 5.82 Å². The van der Waals surface area contributed by atoms with Gasteiger partial charge < -0.3 is 10.4 Å². The van der Waals surface area contributed by atoms with Crippen LogP contribution in [0.1, 0.15) is 37.6 Å². The first-order valence-corrected chi connectivity index (χ1v) is 7.00. The number of nitrogens with one attached hydrogen (secondary N) is 1. The molecule has 0 fully saturated rings. The number of hydrogen-bond acceptors (Lipinski definition) is 4. The molecular formula is C15H22N4O. The minimum atomic E-state index is 0.114. The van der Waals surface area contributed by atoms with Crippen LogP contribution in [0, 0.1) is 6.92 Å². The van der Waals surface area contributed by atoms with Crippen molar-refractivity contribution in [3.63, 3.8) is 0 Å². The Labute approximate surface area is 119 Å². The maximum Gasteiger partial charge on any atom is 0.153 e. The Kier molecular flexibility index (Phi) is 4.87. The number of aromatic nitrogens is 3. The lowest BCUT2D eigenvalue weighted by molar-refractivity contribution is 0.230. The normalized spacial score (nSPS) is 14.2. The van der Waals surface area contributed by atoms with Crippen LogP contribution in [0.2, 0.25) is 0 Å². The van der Waals surface area contributed by atoms with Crippen LogP contribution in [0.5, 0.6) is 0 Å². The summed E-state index contributed by atoms with van der Waals surface area (Å²) in [6.45, 7) is 6.33. The fourth-order valence-electron chi connectivity index (χ4n) is 2.30. The summed E-state index contributed by atoms with van der Waals surface area (Å²) in [6, 6.07) is 6.03. The molecule has 2 rings (SSSR count). The van der Waals surface area contributed by atoms with Gasteiger partial charge in [0.05, 0.1) is 12.8 Å². The van der Waals surface area contributed by atoms with Gasteiger partial charge in [-0.05, 0) is 32.4 Å². The van der Waals surface area contributed by atoms with Crippen LogP contribution in [-0.4, -0.2) is 32.5 Å². The van der Waals surface area contributed by atoms with E-state index in [4.69, 9.17) is 0 Å². The van der Waals surface area contributed by atoms with Crippen molar-refractivity contribution >= 4 is 0 Å². The lowest BCUT2D eigenvalue weighted by atomic mass is 10.1. The Morgan fingerprint density at radius 2 is 2.20 bits per heavy atom. The number of rotatable bonds is 6. The molecule has 108 valence electrons. The minimum Gasteiger partial charge on any atom is -0.395 e. The highest BCUT2D eigenvalue weighted by Gasteiger charge is 2.17. The molecule has 2 aromatic heterocycles. The zero-order valence-corrected chi connectivity index (χ0v) is 12.2. The van der Waals surface area contributed by atoms with E-state index in [0.717, 1.165) is 23.5 Å². The molecule has 2 aromatic rings. The van der Waals surface area contributed by atoms with Crippen molar-refractivity contribution in [2.24, 2.45) is 0 Å². The van der Waals surface area contributed by atoms with Gasteiger partial charge in [-0.1, -0.05) is 13.0 Å². The maximum absolute atomic E-state index is 9.28. The topological polar surface area (TPSA) is 63.0 Å². The quantitative estimate of drug-likeness (QED) is 0.845. The van der Waals surface area contributed by atoms with E-state index in [0.29, 0.717) is 0 Å². The van der Waals surface area contributed by atoms with Crippen molar-refractivity contribution in [3.05, 3.63) is 41.9 Å². The summed E-state index contributed by atoms with van der Waals surface area (Å²) < 4.78 is 1.84. The number of hydrogen-bond donors (Lipinski definition) is 2. The monoisotopic (exact) mass is 274 g/mol. The summed E-state index contributed by atoms with van der Waals surface area (Å²) in [5.74, 6) is 0.817. The van der Waals surface area contributed by atoms with Gasteiger partial charge >= 0.3 is 0 Å². The van der Waals surface area contributed by atoms with E-state index in [1.54, 1.807) is 6.20 Å². The predicted molar refractivity (Wildman–Crippen MR) is 78.8 cm³/mol. The van der Waals surface area contributed by atoms with Gasteiger partial charge in [0.2, 0.25) is 0 Å². The molecule has 0 radical (unpaired) electrons. The van der Waals surface area contributed by atoms with Crippen molar-refractivity contribution in [2.75, 3.05) is 6.61 Å². The summed E-state index contributed by atoms with van der Waals surface area (Å²) in [6.07, 6.45) is 4.52. The standard InChI is InChI=1S/C15H22N4O/c1-4-13(10-20)18-11(2)14-9-17-19(12(14)3)15-7-5-6-8-16-15/h5-9,11,13,18,20H,4,10H2,1-3H3. The van der Waals surface area contributed by atoms with Crippen LogP contribution in [0.3, 0.4) is 0 Å². The van der Waals surface area contributed by atoms with Gasteiger partial charge in [0.15, 0.2) is 5.82 Å². The Balaban J connectivity index is 2.20. The summed E-state index contributed by atoms with van der Waals surface area (Å²) in [5.41, 5.74) is 2.19. The second kappa shape index (κ2) is 6.63. The van der Waals surface area contributed by atoms with Gasteiger partial charge in [0, 0.05) is 29.5 Å². The van der Waals surface area contributed by atoms with Crippen LogP contribution in [-0.2, 0) is 0 Å². The van der Waals surface area contributed by atoms with Crippen molar-refractivity contribution in [2.45, 2.75) is 39.3 Å². The van der Waals surface area contributed by atoms with Crippen molar-refractivity contribution in [3.8, 4) is 5.82 Å². The second-order valence-electron chi connectivity index (χ2n) is 4.96. The largest absolute Gasteiger partial charge is 0.395 e. The zero-order valence-electron chi connectivity index (χ0n) is 12.2. The molecule has 0 aliphatic carbocycles. The SMILES string of the molecule is CCC(CO)NC(C)c1cnn(-c2ccccn2)c1C. The molecule has 0 amide bonds. The first-order valence-electron chi connectivity index (χ1n) is 7.00. The zero-order chi connectivity index (χ0) is 14.5. The molecular weight excluding hydrogens is 252 g/mol. The fourth-order valence-corrected chi connectivity index (χ4v) is 2.30. The number of aliphatic hydroxyl groups is 1. The number of nitrogens with zero attached hydrogens (tertiary/aromatic N) is 3. The van der Waals surface area contributed by atoms with E-state index in [-0.39, 0.29) is 18.7 Å². The molecule has 5 nitrogen and oxygen atoms in total. The fraction of sp³-hybridized carbons (Fsp3) is 0.467. The van der Waals surface area contributed by atoms with E-state index >= 15 is 0 Å². The second-order valence-corrected chi connectivity index (χ2v) is 4.96. The van der Waals surface area contributed by atoms with E-state index in [9.17, 15) is 5.11 Å². The third kappa shape index (κ3) is 3.05. The average molecular weight is 274 g/mol. The molecule has 0 saturated heterocycles. The summed E-state index contributed by atoms with van der Waals surface area (Å²) in [4.78, 5) is 4.32. The third-order valence-corrected chi connectivity index (χ3v) is 3.58. The van der Waals surface area contributed by atoms with Crippen molar-refractivity contribution < 1.29 is 5.11 Å². The highest BCUT2D eigenvalue weighted by Crippen LogP contribution is 2.19. The van der Waals surface area contributed by atoms with Gasteiger partial charge in [-0.25, -0.2) is 9.67 Å². The molecule has 2 atom stereocenters. The van der Waals surface area contributed by atoms with Crippen LogP contribution < -0.4 is 5.32 Å². The Bertz CT molecular complexity index is 534. The van der Waals surface area contributed by atoms with Crippen LogP contribution in [0.15, 0.2) is 30.6 Å². The van der Waals surface area contributed by atoms with Crippen LogP contribution >= 0.6 is 0 Å². The number of aliphatic hydroxyl groups excluding tert-OH is 1. The molecule has 2 unspecified atom stereocenters. The smallest absolute Gasteiger partial charge is 0.153 e. The summed E-state index contributed by atoms with van der Waals surface area (Å²) in [7, 11) is 0. The average Bonchev–Trinajstić information content (AvgIpc) is 2.87. The summed E-state index contributed by atoms with van der Waals surface area (Å²) >= 11 is 0. The number of pyridine rings is 1. The molecule has 5 heteroatoms. The molecule has 0 spiro atoms. The molecule has 0 aromatic carbocycles. The molecule has 0 aliphatic rings. The summed E-state index contributed by atoms with van der Waals surface area (Å²) in [5, 5.41) is 17.1. The highest BCUT2D eigenvalue weighted by atomic mass is 16.3.